The number of rotatable bonds is 8. The summed E-state index contributed by atoms with van der Waals surface area (Å²) in [6.07, 6.45) is 0.872. The fourth-order valence-electron chi connectivity index (χ4n) is 2.92. The largest absolute Gasteiger partial charge is 0.354 e. The van der Waals surface area contributed by atoms with Crippen molar-refractivity contribution in [2.75, 3.05) is 6.54 Å². The summed E-state index contributed by atoms with van der Waals surface area (Å²) in [6.45, 7) is 2.58. The number of carbonyl (C=O) groups is 1. The lowest BCUT2D eigenvalue weighted by molar-refractivity contribution is -0.122. The van der Waals surface area contributed by atoms with Crippen molar-refractivity contribution in [2.45, 2.75) is 25.4 Å². The fourth-order valence-corrected chi connectivity index (χ4v) is 3.63. The third-order valence-electron chi connectivity index (χ3n) is 4.33. The van der Waals surface area contributed by atoms with Crippen molar-refractivity contribution < 1.29 is 4.79 Å². The summed E-state index contributed by atoms with van der Waals surface area (Å²) < 4.78 is 0. The predicted molar refractivity (Wildman–Crippen MR) is 108 cm³/mol. The number of hydrogen-bond acceptors (Lipinski definition) is 3. The van der Waals surface area contributed by atoms with Crippen LogP contribution in [0.1, 0.15) is 29.0 Å². The first-order valence-corrected chi connectivity index (χ1v) is 9.78. The molecule has 1 atom stereocenters. The standard InChI is InChI=1S/C22H24N2OS/c1-17(22(25)23-15-14-20-13-8-16-26-20)24-21(18-9-4-2-5-10-18)19-11-6-3-7-12-19/h2-13,16-17,21,24H,14-15H2,1H3,(H,23,25). The maximum absolute atomic E-state index is 12.5. The smallest absolute Gasteiger partial charge is 0.236 e. The third-order valence-corrected chi connectivity index (χ3v) is 5.26. The van der Waals surface area contributed by atoms with Crippen LogP contribution in [-0.2, 0) is 11.2 Å². The van der Waals surface area contributed by atoms with Gasteiger partial charge in [-0.25, -0.2) is 0 Å². The van der Waals surface area contributed by atoms with Crippen molar-refractivity contribution in [3.63, 3.8) is 0 Å². The van der Waals surface area contributed by atoms with Crippen LogP contribution in [0.15, 0.2) is 78.2 Å². The van der Waals surface area contributed by atoms with Crippen LogP contribution in [0.3, 0.4) is 0 Å². The Hall–Kier alpha value is -2.43. The Morgan fingerprint density at radius 1 is 0.923 bits per heavy atom. The molecule has 0 radical (unpaired) electrons. The first-order chi connectivity index (χ1) is 12.7. The molecule has 2 aromatic carbocycles. The summed E-state index contributed by atoms with van der Waals surface area (Å²) in [5.74, 6) is 0.0263. The molecule has 2 N–H and O–H groups in total. The Kier molecular flexibility index (Phi) is 6.58. The number of benzene rings is 2. The second-order valence-corrected chi connectivity index (χ2v) is 7.30. The van der Waals surface area contributed by atoms with Gasteiger partial charge < -0.3 is 5.32 Å². The summed E-state index contributed by atoms with van der Waals surface area (Å²) in [5, 5.41) is 8.58. The Morgan fingerprint density at radius 3 is 2.08 bits per heavy atom. The molecule has 0 aliphatic heterocycles. The molecule has 0 saturated heterocycles. The van der Waals surface area contributed by atoms with E-state index in [1.54, 1.807) is 11.3 Å². The molecule has 1 unspecified atom stereocenters. The highest BCUT2D eigenvalue weighted by Gasteiger charge is 2.20. The zero-order valence-electron chi connectivity index (χ0n) is 14.9. The molecule has 1 heterocycles. The first kappa shape index (κ1) is 18.4. The SMILES string of the molecule is CC(NC(c1ccccc1)c1ccccc1)C(=O)NCCc1cccs1. The van der Waals surface area contributed by atoms with Gasteiger partial charge in [0.2, 0.25) is 5.91 Å². The van der Waals surface area contributed by atoms with Gasteiger partial charge in [-0.15, -0.1) is 11.3 Å². The van der Waals surface area contributed by atoms with E-state index in [0.29, 0.717) is 6.54 Å². The van der Waals surface area contributed by atoms with Crippen LogP contribution < -0.4 is 10.6 Å². The zero-order chi connectivity index (χ0) is 18.2. The summed E-state index contributed by atoms with van der Waals surface area (Å²) in [4.78, 5) is 13.8. The molecule has 26 heavy (non-hydrogen) atoms. The average Bonchev–Trinajstić information content (AvgIpc) is 3.20. The van der Waals surface area contributed by atoms with E-state index in [-0.39, 0.29) is 18.0 Å². The van der Waals surface area contributed by atoms with Gasteiger partial charge in [-0.3, -0.25) is 10.1 Å². The van der Waals surface area contributed by atoms with E-state index in [4.69, 9.17) is 0 Å². The molecule has 0 spiro atoms. The van der Waals surface area contributed by atoms with E-state index < -0.39 is 0 Å². The van der Waals surface area contributed by atoms with Crippen LogP contribution in [0.25, 0.3) is 0 Å². The van der Waals surface area contributed by atoms with Crippen LogP contribution in [0.5, 0.6) is 0 Å². The summed E-state index contributed by atoms with van der Waals surface area (Å²) in [5.41, 5.74) is 2.30. The highest BCUT2D eigenvalue weighted by Crippen LogP contribution is 2.22. The maximum atomic E-state index is 12.5. The fraction of sp³-hybridized carbons (Fsp3) is 0.227. The topological polar surface area (TPSA) is 41.1 Å². The molecule has 1 amide bonds. The highest BCUT2D eigenvalue weighted by molar-refractivity contribution is 7.09. The molecule has 4 heteroatoms. The number of nitrogens with one attached hydrogen (secondary N) is 2. The second kappa shape index (κ2) is 9.32. The third kappa shape index (κ3) is 5.04. The van der Waals surface area contributed by atoms with Crippen molar-refractivity contribution in [3.8, 4) is 0 Å². The molecule has 3 aromatic rings. The number of thiophene rings is 1. The number of amides is 1. The average molecular weight is 365 g/mol. The van der Waals surface area contributed by atoms with Gasteiger partial charge in [0.15, 0.2) is 0 Å². The molecule has 0 saturated carbocycles. The molecule has 1 aromatic heterocycles. The van der Waals surface area contributed by atoms with Crippen LogP contribution in [0.2, 0.25) is 0 Å². The molecule has 0 aliphatic carbocycles. The van der Waals surface area contributed by atoms with Gasteiger partial charge in [0.05, 0.1) is 12.1 Å². The van der Waals surface area contributed by atoms with Gasteiger partial charge in [-0.2, -0.15) is 0 Å². The van der Waals surface area contributed by atoms with Gasteiger partial charge >= 0.3 is 0 Å². The number of carbonyl (C=O) groups excluding carboxylic acids is 1. The minimum Gasteiger partial charge on any atom is -0.354 e. The summed E-state index contributed by atoms with van der Waals surface area (Å²) in [6, 6.07) is 24.3. The van der Waals surface area contributed by atoms with Crippen molar-refractivity contribution in [1.82, 2.24) is 10.6 Å². The highest BCUT2D eigenvalue weighted by atomic mass is 32.1. The molecular formula is C22H24N2OS. The minimum absolute atomic E-state index is 0.0181. The van der Waals surface area contributed by atoms with E-state index in [1.807, 2.05) is 49.4 Å². The lowest BCUT2D eigenvalue weighted by atomic mass is 9.98. The normalized spacial score (nSPS) is 12.1. The van der Waals surface area contributed by atoms with Crippen molar-refractivity contribution >= 4 is 17.2 Å². The van der Waals surface area contributed by atoms with E-state index in [9.17, 15) is 4.79 Å². The van der Waals surface area contributed by atoms with Crippen molar-refractivity contribution in [2.24, 2.45) is 0 Å². The summed E-state index contributed by atoms with van der Waals surface area (Å²) in [7, 11) is 0. The number of hydrogen-bond donors (Lipinski definition) is 2. The molecular weight excluding hydrogens is 340 g/mol. The maximum Gasteiger partial charge on any atom is 0.236 e. The van der Waals surface area contributed by atoms with E-state index in [2.05, 4.69) is 46.3 Å². The van der Waals surface area contributed by atoms with Gasteiger partial charge in [-0.05, 0) is 35.9 Å². The Bertz CT molecular complexity index is 748. The molecule has 134 valence electrons. The van der Waals surface area contributed by atoms with E-state index >= 15 is 0 Å². The second-order valence-electron chi connectivity index (χ2n) is 6.26. The van der Waals surface area contributed by atoms with E-state index in [0.717, 1.165) is 17.5 Å². The summed E-state index contributed by atoms with van der Waals surface area (Å²) >= 11 is 1.72. The molecule has 0 aliphatic rings. The molecule has 0 fully saturated rings. The van der Waals surface area contributed by atoms with Gasteiger partial charge in [0, 0.05) is 11.4 Å². The van der Waals surface area contributed by atoms with Crippen LogP contribution >= 0.6 is 11.3 Å². The lowest BCUT2D eigenvalue weighted by Crippen LogP contribution is -2.44. The molecule has 3 rings (SSSR count). The monoisotopic (exact) mass is 364 g/mol. The first-order valence-electron chi connectivity index (χ1n) is 8.90. The predicted octanol–water partition coefficient (Wildman–Crippen LogP) is 4.17. The van der Waals surface area contributed by atoms with E-state index in [1.165, 1.54) is 4.88 Å². The van der Waals surface area contributed by atoms with Crippen LogP contribution in [-0.4, -0.2) is 18.5 Å². The Labute approximate surface area is 159 Å². The van der Waals surface area contributed by atoms with Gasteiger partial charge in [0.1, 0.15) is 0 Å². The van der Waals surface area contributed by atoms with Crippen LogP contribution in [0.4, 0.5) is 0 Å². The minimum atomic E-state index is -0.288. The Balaban J connectivity index is 1.63. The Morgan fingerprint density at radius 2 is 1.54 bits per heavy atom. The van der Waals surface area contributed by atoms with Gasteiger partial charge in [-0.1, -0.05) is 66.7 Å². The molecule has 3 nitrogen and oxygen atoms in total. The van der Waals surface area contributed by atoms with Crippen LogP contribution in [0, 0.1) is 0 Å². The quantitative estimate of drug-likeness (QED) is 0.630. The van der Waals surface area contributed by atoms with Crippen molar-refractivity contribution in [1.29, 1.82) is 0 Å². The lowest BCUT2D eigenvalue weighted by Gasteiger charge is -2.24. The van der Waals surface area contributed by atoms with Crippen molar-refractivity contribution in [3.05, 3.63) is 94.2 Å². The zero-order valence-corrected chi connectivity index (χ0v) is 15.7. The molecule has 0 bridgehead atoms. The van der Waals surface area contributed by atoms with Gasteiger partial charge in [0.25, 0.3) is 0 Å².